The third-order valence-corrected chi connectivity index (χ3v) is 4.29. The van der Waals surface area contributed by atoms with Crippen molar-refractivity contribution in [1.82, 2.24) is 4.90 Å². The van der Waals surface area contributed by atoms with E-state index in [4.69, 9.17) is 5.73 Å². The zero-order valence-electron chi connectivity index (χ0n) is 11.7. The molecule has 0 aromatic heterocycles. The van der Waals surface area contributed by atoms with Gasteiger partial charge >= 0.3 is 0 Å². The summed E-state index contributed by atoms with van der Waals surface area (Å²) in [5.74, 6) is 0. The predicted molar refractivity (Wildman–Crippen MR) is 78.7 cm³/mol. The summed E-state index contributed by atoms with van der Waals surface area (Å²) in [6.07, 6.45) is 6.42. The minimum absolute atomic E-state index is 0.752. The first-order valence-corrected chi connectivity index (χ1v) is 7.27. The number of nitrogen functional groups attached to an aromatic ring is 1. The summed E-state index contributed by atoms with van der Waals surface area (Å²) >= 11 is 0. The highest BCUT2D eigenvalue weighted by Gasteiger charge is 2.23. The second-order valence-electron chi connectivity index (χ2n) is 5.67. The molecule has 1 aliphatic rings. The summed E-state index contributed by atoms with van der Waals surface area (Å²) in [4.78, 5) is 2.67. The molecule has 2 rings (SSSR count). The van der Waals surface area contributed by atoms with Gasteiger partial charge in [-0.2, -0.15) is 0 Å². The Hall–Kier alpha value is -1.02. The lowest BCUT2D eigenvalue weighted by Gasteiger charge is -2.39. The quantitative estimate of drug-likeness (QED) is 0.824. The SMILES string of the molecule is CC1CCCC(C)N1CCCc1ccccc1N. The highest BCUT2D eigenvalue weighted by Crippen LogP contribution is 2.23. The maximum Gasteiger partial charge on any atom is 0.0346 e. The summed E-state index contributed by atoms with van der Waals surface area (Å²) in [5.41, 5.74) is 8.22. The van der Waals surface area contributed by atoms with E-state index in [1.54, 1.807) is 0 Å². The Balaban J connectivity index is 1.83. The molecule has 1 aromatic carbocycles. The van der Waals surface area contributed by atoms with E-state index in [0.717, 1.165) is 24.2 Å². The lowest BCUT2D eigenvalue weighted by molar-refractivity contribution is 0.102. The summed E-state index contributed by atoms with van der Waals surface area (Å²) in [6.45, 7) is 5.94. The molecule has 1 heterocycles. The number of benzene rings is 1. The van der Waals surface area contributed by atoms with Crippen LogP contribution in [0, 0.1) is 0 Å². The summed E-state index contributed by atoms with van der Waals surface area (Å²) in [5, 5.41) is 0. The van der Waals surface area contributed by atoms with Gasteiger partial charge in [0.1, 0.15) is 0 Å². The van der Waals surface area contributed by atoms with Gasteiger partial charge in [0.05, 0.1) is 0 Å². The molecule has 2 unspecified atom stereocenters. The van der Waals surface area contributed by atoms with Gasteiger partial charge in [-0.1, -0.05) is 24.6 Å². The van der Waals surface area contributed by atoms with Crippen molar-refractivity contribution in [3.05, 3.63) is 29.8 Å². The Morgan fingerprint density at radius 2 is 1.83 bits per heavy atom. The predicted octanol–water partition coefficient (Wildman–Crippen LogP) is 3.46. The monoisotopic (exact) mass is 246 g/mol. The van der Waals surface area contributed by atoms with Crippen LogP contribution in [0.15, 0.2) is 24.3 Å². The molecule has 2 N–H and O–H groups in total. The molecule has 1 fully saturated rings. The molecule has 0 amide bonds. The van der Waals surface area contributed by atoms with Crippen molar-refractivity contribution >= 4 is 5.69 Å². The van der Waals surface area contributed by atoms with Gasteiger partial charge in [0.2, 0.25) is 0 Å². The molecule has 0 radical (unpaired) electrons. The van der Waals surface area contributed by atoms with E-state index in [0.29, 0.717) is 0 Å². The van der Waals surface area contributed by atoms with Crippen LogP contribution in [-0.4, -0.2) is 23.5 Å². The highest BCUT2D eigenvalue weighted by atomic mass is 15.2. The number of nitrogens with zero attached hydrogens (tertiary/aromatic N) is 1. The topological polar surface area (TPSA) is 29.3 Å². The molecule has 2 nitrogen and oxygen atoms in total. The van der Waals surface area contributed by atoms with Crippen LogP contribution in [0.4, 0.5) is 5.69 Å². The van der Waals surface area contributed by atoms with Crippen molar-refractivity contribution in [2.45, 2.75) is 58.0 Å². The molecule has 2 heteroatoms. The van der Waals surface area contributed by atoms with Crippen LogP contribution in [0.5, 0.6) is 0 Å². The van der Waals surface area contributed by atoms with Crippen LogP contribution >= 0.6 is 0 Å². The standard InChI is InChI=1S/C16H26N2/c1-13-7-5-8-14(2)18(13)12-6-10-15-9-3-4-11-16(15)17/h3-4,9,11,13-14H,5-8,10,12,17H2,1-2H3. The van der Waals surface area contributed by atoms with Gasteiger partial charge in [-0.25, -0.2) is 0 Å². The van der Waals surface area contributed by atoms with Gasteiger partial charge in [-0.15, -0.1) is 0 Å². The molecule has 1 saturated heterocycles. The lowest BCUT2D eigenvalue weighted by Crippen LogP contribution is -2.44. The first kappa shape index (κ1) is 13.4. The number of rotatable bonds is 4. The maximum absolute atomic E-state index is 5.98. The Kier molecular flexibility index (Phi) is 4.65. The highest BCUT2D eigenvalue weighted by molar-refractivity contribution is 5.46. The van der Waals surface area contributed by atoms with Gasteiger partial charge in [0.15, 0.2) is 0 Å². The molecule has 0 spiro atoms. The van der Waals surface area contributed by atoms with Crippen LogP contribution in [0.25, 0.3) is 0 Å². The first-order valence-electron chi connectivity index (χ1n) is 7.27. The number of piperidine rings is 1. The average Bonchev–Trinajstić information content (AvgIpc) is 2.35. The largest absolute Gasteiger partial charge is 0.399 e. The molecule has 0 aliphatic carbocycles. The summed E-state index contributed by atoms with van der Waals surface area (Å²) in [6, 6.07) is 9.74. The third kappa shape index (κ3) is 3.26. The van der Waals surface area contributed by atoms with E-state index in [-0.39, 0.29) is 0 Å². The second-order valence-corrected chi connectivity index (χ2v) is 5.67. The summed E-state index contributed by atoms with van der Waals surface area (Å²) in [7, 11) is 0. The van der Waals surface area contributed by atoms with Crippen molar-refractivity contribution in [3.63, 3.8) is 0 Å². The zero-order valence-corrected chi connectivity index (χ0v) is 11.7. The lowest BCUT2D eigenvalue weighted by atomic mass is 9.97. The molecular weight excluding hydrogens is 220 g/mol. The smallest absolute Gasteiger partial charge is 0.0346 e. The first-order chi connectivity index (χ1) is 8.68. The average molecular weight is 246 g/mol. The molecule has 1 aliphatic heterocycles. The Labute approximate surface area is 111 Å². The Bertz CT molecular complexity index is 365. The number of likely N-dealkylation sites (tertiary alicyclic amines) is 1. The van der Waals surface area contributed by atoms with Crippen LogP contribution < -0.4 is 5.73 Å². The Morgan fingerprint density at radius 3 is 2.50 bits per heavy atom. The molecule has 100 valence electrons. The van der Waals surface area contributed by atoms with Crippen LogP contribution in [0.3, 0.4) is 0 Å². The van der Waals surface area contributed by atoms with Crippen LogP contribution in [0.1, 0.15) is 45.1 Å². The fourth-order valence-corrected chi connectivity index (χ4v) is 3.13. The van der Waals surface area contributed by atoms with Gasteiger partial charge < -0.3 is 5.73 Å². The van der Waals surface area contributed by atoms with E-state index >= 15 is 0 Å². The van der Waals surface area contributed by atoms with E-state index < -0.39 is 0 Å². The third-order valence-electron chi connectivity index (χ3n) is 4.29. The molecule has 2 atom stereocenters. The van der Waals surface area contributed by atoms with Crippen molar-refractivity contribution in [2.75, 3.05) is 12.3 Å². The molecule has 1 aromatic rings. The molecule has 0 saturated carbocycles. The van der Waals surface area contributed by atoms with E-state index in [9.17, 15) is 0 Å². The van der Waals surface area contributed by atoms with Crippen molar-refractivity contribution in [1.29, 1.82) is 0 Å². The number of nitrogens with two attached hydrogens (primary N) is 1. The van der Waals surface area contributed by atoms with Gasteiger partial charge in [-0.05, 0) is 57.7 Å². The fourth-order valence-electron chi connectivity index (χ4n) is 3.13. The maximum atomic E-state index is 5.98. The number of para-hydroxylation sites is 1. The van der Waals surface area contributed by atoms with Gasteiger partial charge in [0, 0.05) is 17.8 Å². The number of hydrogen-bond donors (Lipinski definition) is 1. The summed E-state index contributed by atoms with van der Waals surface area (Å²) < 4.78 is 0. The van der Waals surface area contributed by atoms with Crippen molar-refractivity contribution in [3.8, 4) is 0 Å². The van der Waals surface area contributed by atoms with E-state index in [2.05, 4.69) is 30.9 Å². The molecule has 18 heavy (non-hydrogen) atoms. The normalized spacial score (nSPS) is 25.2. The molecule has 0 bridgehead atoms. The van der Waals surface area contributed by atoms with Crippen LogP contribution in [-0.2, 0) is 6.42 Å². The van der Waals surface area contributed by atoms with Crippen LogP contribution in [0.2, 0.25) is 0 Å². The van der Waals surface area contributed by atoms with Gasteiger partial charge in [0.25, 0.3) is 0 Å². The second kappa shape index (κ2) is 6.24. The number of anilines is 1. The Morgan fingerprint density at radius 1 is 1.17 bits per heavy atom. The van der Waals surface area contributed by atoms with Gasteiger partial charge in [-0.3, -0.25) is 4.90 Å². The van der Waals surface area contributed by atoms with Crippen molar-refractivity contribution in [2.24, 2.45) is 0 Å². The fraction of sp³-hybridized carbons (Fsp3) is 0.625. The van der Waals surface area contributed by atoms with Crippen molar-refractivity contribution < 1.29 is 0 Å². The number of hydrogen-bond acceptors (Lipinski definition) is 2. The molecular formula is C16H26N2. The zero-order chi connectivity index (χ0) is 13.0. The minimum atomic E-state index is 0.752. The van der Waals surface area contributed by atoms with E-state index in [1.807, 2.05) is 12.1 Å². The minimum Gasteiger partial charge on any atom is -0.399 e. The number of aryl methyl sites for hydroxylation is 1. The van der Waals surface area contributed by atoms with E-state index in [1.165, 1.54) is 37.8 Å².